The van der Waals surface area contributed by atoms with Gasteiger partial charge in [-0.2, -0.15) is 43.9 Å². The summed E-state index contributed by atoms with van der Waals surface area (Å²) in [5, 5.41) is 19.0. The Hall–Kier alpha value is -1.84. The molecule has 0 aliphatic carbocycles. The molecule has 0 unspecified atom stereocenters. The molecule has 0 saturated carbocycles. The van der Waals surface area contributed by atoms with Gasteiger partial charge in [0.15, 0.2) is 0 Å². The maximum Gasteiger partial charge on any atom is 0.392 e. The predicted molar refractivity (Wildman–Crippen MR) is 83.4 cm³/mol. The Kier molecular flexibility index (Phi) is 10.0. The van der Waals surface area contributed by atoms with Gasteiger partial charge < -0.3 is 20.8 Å². The van der Waals surface area contributed by atoms with E-state index in [-0.39, 0.29) is 25.7 Å². The maximum atomic E-state index is 13.7. The molecule has 6 nitrogen and oxygen atoms in total. The van der Waals surface area contributed by atoms with Gasteiger partial charge in [0.1, 0.15) is 0 Å². The molecule has 0 heterocycles. The molecule has 0 aromatic carbocycles. The number of carbonyl (C=O) groups is 2. The van der Waals surface area contributed by atoms with Gasteiger partial charge >= 0.3 is 29.6 Å². The zero-order valence-corrected chi connectivity index (χ0v) is 15.6. The minimum atomic E-state index is -7.56. The molecule has 184 valence electrons. The number of nitrogens with one attached hydrogen (secondary N) is 2. The van der Waals surface area contributed by atoms with Crippen LogP contribution in [-0.2, 0) is 9.59 Å². The van der Waals surface area contributed by atoms with Gasteiger partial charge in [-0.3, -0.25) is 9.59 Å². The van der Waals surface area contributed by atoms with E-state index in [0.29, 0.717) is 0 Å². The van der Waals surface area contributed by atoms with Crippen LogP contribution in [0.5, 0.6) is 0 Å². The van der Waals surface area contributed by atoms with Gasteiger partial charge in [-0.1, -0.05) is 0 Å². The monoisotopic (exact) mass is 482 g/mol. The first-order valence-corrected chi connectivity index (χ1v) is 8.64. The number of hydrogen-bond donors (Lipinski definition) is 4. The lowest BCUT2D eigenvalue weighted by atomic mass is 9.93. The van der Waals surface area contributed by atoms with E-state index in [2.05, 4.69) is 0 Å². The zero-order valence-electron chi connectivity index (χ0n) is 15.6. The molecule has 0 fully saturated rings. The van der Waals surface area contributed by atoms with Crippen LogP contribution in [0.1, 0.15) is 25.7 Å². The van der Waals surface area contributed by atoms with Crippen molar-refractivity contribution in [2.24, 2.45) is 0 Å². The van der Waals surface area contributed by atoms with Crippen molar-refractivity contribution in [1.82, 2.24) is 10.6 Å². The molecule has 0 radical (unpaired) electrons. The van der Waals surface area contributed by atoms with Gasteiger partial charge in [0.05, 0.1) is 0 Å². The average Bonchev–Trinajstić information content (AvgIpc) is 2.67. The molecule has 0 spiro atoms. The van der Waals surface area contributed by atoms with Crippen LogP contribution in [-0.4, -0.2) is 77.9 Å². The third-order valence-electron chi connectivity index (χ3n) is 3.89. The number of rotatable bonds is 14. The number of halogens is 10. The summed E-state index contributed by atoms with van der Waals surface area (Å²) in [5.74, 6) is -41.7. The Balaban J connectivity index is 5.73. The van der Waals surface area contributed by atoms with E-state index in [0.717, 1.165) is 10.6 Å². The van der Waals surface area contributed by atoms with Gasteiger partial charge in [0.2, 0.25) is 0 Å². The van der Waals surface area contributed by atoms with Gasteiger partial charge in [-0.05, 0) is 25.7 Å². The highest BCUT2D eigenvalue weighted by atomic mass is 19.4. The lowest BCUT2D eigenvalue weighted by Crippen LogP contribution is -2.71. The molecule has 0 rings (SSSR count). The van der Waals surface area contributed by atoms with Crippen LogP contribution in [0.15, 0.2) is 0 Å². The molecule has 0 aliphatic heterocycles. The number of aliphatic hydroxyl groups is 2. The smallest absolute Gasteiger partial charge is 0.392 e. The van der Waals surface area contributed by atoms with E-state index >= 15 is 0 Å². The van der Waals surface area contributed by atoms with Crippen molar-refractivity contribution in [1.29, 1.82) is 0 Å². The van der Waals surface area contributed by atoms with Gasteiger partial charge in [0.25, 0.3) is 11.8 Å². The van der Waals surface area contributed by atoms with E-state index in [9.17, 15) is 53.5 Å². The highest BCUT2D eigenvalue weighted by Gasteiger charge is 2.88. The number of alkyl halides is 10. The van der Waals surface area contributed by atoms with Crippen molar-refractivity contribution in [3.05, 3.63) is 0 Å². The molecule has 0 atom stereocenters. The number of hydrogen-bond acceptors (Lipinski definition) is 4. The van der Waals surface area contributed by atoms with E-state index in [1.54, 1.807) is 0 Å². The number of aliphatic hydroxyl groups excluding tert-OH is 2. The SMILES string of the molecule is O=C(NCCCCO)C(F)(F)C(F)(F)C(F)(F)C(F)(F)C(F)(F)C(=O)NCCCCO. The summed E-state index contributed by atoms with van der Waals surface area (Å²) in [5.41, 5.74) is 0. The molecular formula is C15H20F10N2O4. The summed E-state index contributed by atoms with van der Waals surface area (Å²) in [4.78, 5) is 22.3. The second kappa shape index (κ2) is 10.7. The van der Waals surface area contributed by atoms with Crippen LogP contribution in [0, 0.1) is 0 Å². The van der Waals surface area contributed by atoms with Crippen LogP contribution in [0.25, 0.3) is 0 Å². The molecule has 16 heteroatoms. The minimum absolute atomic E-state index is 0.129. The summed E-state index contributed by atoms with van der Waals surface area (Å²) in [6.45, 7) is -2.72. The minimum Gasteiger partial charge on any atom is -0.396 e. The molecule has 31 heavy (non-hydrogen) atoms. The fraction of sp³-hybridized carbons (Fsp3) is 0.867. The molecule has 0 aliphatic rings. The molecule has 0 aromatic heterocycles. The first kappa shape index (κ1) is 29.2. The Bertz CT molecular complexity index is 567. The van der Waals surface area contributed by atoms with Crippen molar-refractivity contribution in [2.75, 3.05) is 26.3 Å². The predicted octanol–water partition coefficient (Wildman–Crippen LogP) is 1.94. The van der Waals surface area contributed by atoms with Crippen molar-refractivity contribution in [3.8, 4) is 0 Å². The van der Waals surface area contributed by atoms with Crippen LogP contribution in [0.4, 0.5) is 43.9 Å². The van der Waals surface area contributed by atoms with E-state index < -0.39 is 67.7 Å². The van der Waals surface area contributed by atoms with Crippen molar-refractivity contribution in [3.63, 3.8) is 0 Å². The summed E-state index contributed by atoms with van der Waals surface area (Å²) in [7, 11) is 0. The van der Waals surface area contributed by atoms with E-state index in [1.165, 1.54) is 0 Å². The van der Waals surface area contributed by atoms with E-state index in [1.807, 2.05) is 0 Å². The second-order valence-electron chi connectivity index (χ2n) is 6.25. The Labute approximate surface area is 169 Å². The quantitative estimate of drug-likeness (QED) is 0.225. The van der Waals surface area contributed by atoms with Crippen LogP contribution in [0.2, 0.25) is 0 Å². The molecule has 2 amide bonds. The second-order valence-corrected chi connectivity index (χ2v) is 6.25. The number of amides is 2. The van der Waals surface area contributed by atoms with Crippen molar-refractivity contribution >= 4 is 11.8 Å². The number of carbonyl (C=O) groups excluding carboxylic acids is 2. The first-order chi connectivity index (χ1) is 14.0. The Morgan fingerprint density at radius 2 is 0.839 bits per heavy atom. The number of unbranched alkanes of at least 4 members (excludes halogenated alkanes) is 2. The summed E-state index contributed by atoms with van der Waals surface area (Å²) < 4.78 is 137. The summed E-state index contributed by atoms with van der Waals surface area (Å²) >= 11 is 0. The highest BCUT2D eigenvalue weighted by Crippen LogP contribution is 2.57. The highest BCUT2D eigenvalue weighted by molar-refractivity contribution is 5.86. The van der Waals surface area contributed by atoms with Crippen molar-refractivity contribution in [2.45, 2.75) is 55.3 Å². The Morgan fingerprint density at radius 3 is 1.10 bits per heavy atom. The topological polar surface area (TPSA) is 98.7 Å². The standard InChI is InChI=1S/C15H20F10N2O4/c16-11(17,9(30)26-5-1-3-7-28)13(20,21)15(24,25)14(22,23)12(18,19)10(31)27-6-2-4-8-29/h28-29H,1-8H2,(H,26,30)(H,27,31). The van der Waals surface area contributed by atoms with Crippen LogP contribution < -0.4 is 10.6 Å². The zero-order chi connectivity index (χ0) is 24.7. The molecule has 4 N–H and O–H groups in total. The average molecular weight is 482 g/mol. The third-order valence-corrected chi connectivity index (χ3v) is 3.89. The summed E-state index contributed by atoms with van der Waals surface area (Å²) in [6.07, 6.45) is -0.831. The fourth-order valence-corrected chi connectivity index (χ4v) is 1.98. The molecule has 0 aromatic rings. The van der Waals surface area contributed by atoms with E-state index in [4.69, 9.17) is 10.2 Å². The molecule has 0 saturated heterocycles. The van der Waals surface area contributed by atoms with Gasteiger partial charge in [-0.25, -0.2) is 0 Å². The van der Waals surface area contributed by atoms with Crippen LogP contribution >= 0.6 is 0 Å². The largest absolute Gasteiger partial charge is 0.396 e. The maximum absolute atomic E-state index is 13.7. The summed E-state index contributed by atoms with van der Waals surface area (Å²) in [6, 6.07) is 0. The Morgan fingerprint density at radius 1 is 0.548 bits per heavy atom. The van der Waals surface area contributed by atoms with Gasteiger partial charge in [0, 0.05) is 26.3 Å². The molecule has 0 bridgehead atoms. The first-order valence-electron chi connectivity index (χ1n) is 8.64. The normalized spacial score (nSPS) is 13.8. The fourth-order valence-electron chi connectivity index (χ4n) is 1.98. The molecular weight excluding hydrogens is 462 g/mol. The van der Waals surface area contributed by atoms with Gasteiger partial charge in [-0.15, -0.1) is 0 Å². The lowest BCUT2D eigenvalue weighted by Gasteiger charge is -2.38. The lowest BCUT2D eigenvalue weighted by molar-refractivity contribution is -0.387. The van der Waals surface area contributed by atoms with Crippen molar-refractivity contribution < 1.29 is 63.7 Å². The third kappa shape index (κ3) is 5.70. The van der Waals surface area contributed by atoms with Crippen LogP contribution in [0.3, 0.4) is 0 Å².